The Kier molecular flexibility index (Phi) is 6.82. The summed E-state index contributed by atoms with van der Waals surface area (Å²) in [5.74, 6) is 0.00899. The Morgan fingerprint density at radius 2 is 1.88 bits per heavy atom. The minimum absolute atomic E-state index is 0.00899. The first-order chi connectivity index (χ1) is 7.69. The molecule has 0 bridgehead atoms. The molecule has 3 heteroatoms. The van der Waals surface area contributed by atoms with Gasteiger partial charge in [0, 0.05) is 6.42 Å². The molecule has 0 heterocycles. The molecular weight excluding hydrogens is 200 g/mol. The van der Waals surface area contributed by atoms with E-state index in [1.807, 2.05) is 19.9 Å². The second-order valence-corrected chi connectivity index (χ2v) is 3.03. The lowest BCUT2D eigenvalue weighted by Crippen LogP contribution is -2.20. The fraction of sp³-hybridized carbons (Fsp3) is 0.385. The van der Waals surface area contributed by atoms with Gasteiger partial charge in [-0.25, -0.2) is 0 Å². The van der Waals surface area contributed by atoms with E-state index in [0.29, 0.717) is 12.0 Å². The minimum Gasteiger partial charge on any atom is -0.318 e. The Balaban J connectivity index is 0.00000106. The lowest BCUT2D eigenvalue weighted by molar-refractivity contribution is -0.120. The Morgan fingerprint density at radius 1 is 1.38 bits per heavy atom. The van der Waals surface area contributed by atoms with E-state index in [1.54, 1.807) is 31.2 Å². The van der Waals surface area contributed by atoms with Crippen molar-refractivity contribution in [1.29, 1.82) is 5.26 Å². The molecule has 86 valence electrons. The number of hydrogen-bond acceptors (Lipinski definition) is 3. The predicted molar refractivity (Wildman–Crippen MR) is 64.7 cm³/mol. The number of nitrogens with zero attached hydrogens (tertiary/aromatic N) is 1. The van der Waals surface area contributed by atoms with E-state index < -0.39 is 6.04 Å². The molecule has 1 rings (SSSR count). The quantitative estimate of drug-likeness (QED) is 0.847. The number of carbonyl (C=O) groups excluding carboxylic acids is 1. The molecule has 3 nitrogen and oxygen atoms in total. The highest BCUT2D eigenvalue weighted by atomic mass is 16.1. The van der Waals surface area contributed by atoms with E-state index in [0.717, 1.165) is 5.56 Å². The molecule has 0 amide bonds. The second kappa shape index (κ2) is 7.61. The summed E-state index contributed by atoms with van der Waals surface area (Å²) in [6, 6.07) is 8.22. The number of nitriles is 1. The minimum atomic E-state index is -0.562. The molecular formula is C13H18N2O. The number of ketones is 1. The SMILES string of the molecule is CC.CCC(=O)C(N)c1ccc(C#N)cc1. The van der Waals surface area contributed by atoms with Crippen molar-refractivity contribution in [2.75, 3.05) is 0 Å². The summed E-state index contributed by atoms with van der Waals surface area (Å²) in [6.07, 6.45) is 0.432. The van der Waals surface area contributed by atoms with Gasteiger partial charge in [0.1, 0.15) is 0 Å². The first kappa shape index (κ1) is 14.3. The Morgan fingerprint density at radius 3 is 2.25 bits per heavy atom. The van der Waals surface area contributed by atoms with Crippen molar-refractivity contribution in [2.45, 2.75) is 33.2 Å². The van der Waals surface area contributed by atoms with E-state index in [-0.39, 0.29) is 5.78 Å². The molecule has 1 unspecified atom stereocenters. The fourth-order valence-electron chi connectivity index (χ4n) is 1.17. The van der Waals surface area contributed by atoms with Crippen molar-refractivity contribution in [3.05, 3.63) is 35.4 Å². The Bertz CT molecular complexity index is 363. The molecule has 2 N–H and O–H groups in total. The van der Waals surface area contributed by atoms with Crippen LogP contribution in [0.4, 0.5) is 0 Å². The average Bonchev–Trinajstić information content (AvgIpc) is 2.39. The van der Waals surface area contributed by atoms with Crippen LogP contribution in [0.2, 0.25) is 0 Å². The molecule has 0 aliphatic carbocycles. The third-order valence-electron chi connectivity index (χ3n) is 2.09. The maximum Gasteiger partial charge on any atom is 0.153 e. The van der Waals surface area contributed by atoms with E-state index in [9.17, 15) is 4.79 Å². The molecule has 0 aliphatic heterocycles. The molecule has 1 atom stereocenters. The molecule has 0 aromatic heterocycles. The van der Waals surface area contributed by atoms with Gasteiger partial charge in [-0.3, -0.25) is 4.79 Å². The van der Waals surface area contributed by atoms with Gasteiger partial charge in [0.25, 0.3) is 0 Å². The molecule has 0 saturated carbocycles. The number of rotatable bonds is 3. The highest BCUT2D eigenvalue weighted by Crippen LogP contribution is 2.13. The topological polar surface area (TPSA) is 66.9 Å². The van der Waals surface area contributed by atoms with Gasteiger partial charge in [0.15, 0.2) is 5.78 Å². The van der Waals surface area contributed by atoms with Crippen LogP contribution in [-0.2, 0) is 4.79 Å². The van der Waals surface area contributed by atoms with E-state index in [4.69, 9.17) is 11.0 Å². The zero-order chi connectivity index (χ0) is 12.6. The molecule has 0 saturated heterocycles. The molecule has 1 aromatic carbocycles. The van der Waals surface area contributed by atoms with Gasteiger partial charge in [-0.15, -0.1) is 0 Å². The van der Waals surface area contributed by atoms with Gasteiger partial charge in [0.05, 0.1) is 17.7 Å². The lowest BCUT2D eigenvalue weighted by Gasteiger charge is -2.08. The van der Waals surface area contributed by atoms with Crippen molar-refractivity contribution < 1.29 is 4.79 Å². The summed E-state index contributed by atoms with van der Waals surface area (Å²) < 4.78 is 0. The van der Waals surface area contributed by atoms with Gasteiger partial charge in [-0.1, -0.05) is 32.9 Å². The van der Waals surface area contributed by atoms with Crippen LogP contribution in [0.1, 0.15) is 44.4 Å². The monoisotopic (exact) mass is 218 g/mol. The van der Waals surface area contributed by atoms with Gasteiger partial charge >= 0.3 is 0 Å². The summed E-state index contributed by atoms with van der Waals surface area (Å²) in [6.45, 7) is 5.78. The Labute approximate surface area is 96.9 Å². The molecule has 16 heavy (non-hydrogen) atoms. The van der Waals surface area contributed by atoms with Gasteiger partial charge < -0.3 is 5.73 Å². The predicted octanol–water partition coefficient (Wildman–Crippen LogP) is 2.56. The van der Waals surface area contributed by atoms with Crippen LogP contribution >= 0.6 is 0 Å². The summed E-state index contributed by atoms with van der Waals surface area (Å²) in [4.78, 5) is 11.3. The van der Waals surface area contributed by atoms with Gasteiger partial charge in [-0.2, -0.15) is 5.26 Å². The zero-order valence-corrected chi connectivity index (χ0v) is 10.0. The van der Waals surface area contributed by atoms with E-state index in [2.05, 4.69) is 0 Å². The first-order valence-electron chi connectivity index (χ1n) is 5.47. The molecule has 0 radical (unpaired) electrons. The normalized spacial score (nSPS) is 10.7. The third kappa shape index (κ3) is 3.84. The second-order valence-electron chi connectivity index (χ2n) is 3.03. The van der Waals surface area contributed by atoms with Crippen molar-refractivity contribution in [3.63, 3.8) is 0 Å². The van der Waals surface area contributed by atoms with Crippen LogP contribution in [-0.4, -0.2) is 5.78 Å². The summed E-state index contributed by atoms with van der Waals surface area (Å²) in [5.41, 5.74) is 7.04. The highest BCUT2D eigenvalue weighted by Gasteiger charge is 2.12. The van der Waals surface area contributed by atoms with Crippen LogP contribution in [0, 0.1) is 11.3 Å². The highest BCUT2D eigenvalue weighted by molar-refractivity contribution is 5.84. The molecule has 0 aliphatic rings. The number of Topliss-reactive ketones (excluding diaryl/α,β-unsaturated/α-hetero) is 1. The summed E-state index contributed by atoms with van der Waals surface area (Å²) in [5, 5.41) is 8.57. The zero-order valence-electron chi connectivity index (χ0n) is 10.0. The number of carbonyl (C=O) groups is 1. The average molecular weight is 218 g/mol. The molecule has 0 spiro atoms. The van der Waals surface area contributed by atoms with Crippen molar-refractivity contribution >= 4 is 5.78 Å². The van der Waals surface area contributed by atoms with E-state index in [1.165, 1.54) is 0 Å². The first-order valence-corrected chi connectivity index (χ1v) is 5.47. The van der Waals surface area contributed by atoms with Crippen molar-refractivity contribution in [3.8, 4) is 6.07 Å². The van der Waals surface area contributed by atoms with Crippen LogP contribution in [0.3, 0.4) is 0 Å². The molecule has 1 aromatic rings. The van der Waals surface area contributed by atoms with Crippen LogP contribution in [0.25, 0.3) is 0 Å². The fourth-order valence-corrected chi connectivity index (χ4v) is 1.17. The van der Waals surface area contributed by atoms with Crippen molar-refractivity contribution in [2.24, 2.45) is 5.73 Å². The van der Waals surface area contributed by atoms with Crippen LogP contribution in [0.15, 0.2) is 24.3 Å². The van der Waals surface area contributed by atoms with E-state index >= 15 is 0 Å². The number of benzene rings is 1. The summed E-state index contributed by atoms with van der Waals surface area (Å²) >= 11 is 0. The maximum atomic E-state index is 11.3. The number of nitrogens with two attached hydrogens (primary N) is 1. The standard InChI is InChI=1S/C11H12N2O.C2H6/c1-2-10(14)11(13)9-5-3-8(7-12)4-6-9;1-2/h3-6,11H,2,13H2,1H3;1-2H3. The smallest absolute Gasteiger partial charge is 0.153 e. The largest absolute Gasteiger partial charge is 0.318 e. The van der Waals surface area contributed by atoms with Crippen molar-refractivity contribution in [1.82, 2.24) is 0 Å². The van der Waals surface area contributed by atoms with Gasteiger partial charge in [0.2, 0.25) is 0 Å². The lowest BCUT2D eigenvalue weighted by atomic mass is 10.0. The van der Waals surface area contributed by atoms with Crippen LogP contribution in [0.5, 0.6) is 0 Å². The Hall–Kier alpha value is -1.66. The maximum absolute atomic E-state index is 11.3. The van der Waals surface area contributed by atoms with Crippen LogP contribution < -0.4 is 5.73 Å². The van der Waals surface area contributed by atoms with Gasteiger partial charge in [-0.05, 0) is 17.7 Å². The number of hydrogen-bond donors (Lipinski definition) is 1. The summed E-state index contributed by atoms with van der Waals surface area (Å²) in [7, 11) is 0. The third-order valence-corrected chi connectivity index (χ3v) is 2.09. The molecule has 0 fully saturated rings.